The lowest BCUT2D eigenvalue weighted by Crippen LogP contribution is -2.35. The number of nitrogens with one attached hydrogen (secondary N) is 2. The van der Waals surface area contributed by atoms with Gasteiger partial charge in [-0.2, -0.15) is 0 Å². The molecular weight excluding hydrogens is 290 g/mol. The topological polar surface area (TPSA) is 40.7 Å². The number of halogens is 1. The van der Waals surface area contributed by atoms with E-state index in [1.807, 2.05) is 12.1 Å². The molecule has 1 aliphatic rings. The van der Waals surface area contributed by atoms with Crippen LogP contribution in [0.5, 0.6) is 0 Å². The van der Waals surface area contributed by atoms with E-state index in [2.05, 4.69) is 46.1 Å². The van der Waals surface area contributed by atoms with Gasteiger partial charge < -0.3 is 10.3 Å². The maximum atomic E-state index is 4.85. The molecule has 0 saturated carbocycles. The SMILES string of the molecule is CC(C)C1(c2nc3c(Br)cccc3[nH]2)CCNC1. The van der Waals surface area contributed by atoms with Gasteiger partial charge in [0.05, 0.1) is 5.52 Å². The predicted molar refractivity (Wildman–Crippen MR) is 77.8 cm³/mol. The fourth-order valence-corrected chi connectivity index (χ4v) is 3.37. The molecule has 1 atom stereocenters. The van der Waals surface area contributed by atoms with Crippen molar-refractivity contribution in [3.63, 3.8) is 0 Å². The number of fused-ring (bicyclic) bond motifs is 1. The average molecular weight is 308 g/mol. The fraction of sp³-hybridized carbons (Fsp3) is 0.500. The summed E-state index contributed by atoms with van der Waals surface area (Å²) in [5.41, 5.74) is 2.31. The zero-order valence-corrected chi connectivity index (χ0v) is 12.3. The van der Waals surface area contributed by atoms with Crippen LogP contribution in [0.25, 0.3) is 11.0 Å². The van der Waals surface area contributed by atoms with Gasteiger partial charge in [-0.1, -0.05) is 19.9 Å². The van der Waals surface area contributed by atoms with E-state index in [1.54, 1.807) is 0 Å². The number of para-hydroxylation sites is 1. The Morgan fingerprint density at radius 1 is 1.39 bits per heavy atom. The van der Waals surface area contributed by atoms with Crippen LogP contribution in [0, 0.1) is 5.92 Å². The van der Waals surface area contributed by atoms with Gasteiger partial charge >= 0.3 is 0 Å². The van der Waals surface area contributed by atoms with Crippen molar-refractivity contribution in [2.24, 2.45) is 5.92 Å². The van der Waals surface area contributed by atoms with Crippen molar-refractivity contribution in [1.82, 2.24) is 15.3 Å². The lowest BCUT2D eigenvalue weighted by molar-refractivity contribution is 0.321. The van der Waals surface area contributed by atoms with E-state index >= 15 is 0 Å². The molecule has 1 aromatic heterocycles. The molecule has 18 heavy (non-hydrogen) atoms. The zero-order valence-electron chi connectivity index (χ0n) is 10.8. The van der Waals surface area contributed by atoms with Gasteiger partial charge in [-0.3, -0.25) is 0 Å². The first-order chi connectivity index (χ1) is 8.63. The van der Waals surface area contributed by atoms with Gasteiger partial charge in [0, 0.05) is 16.4 Å². The Kier molecular flexibility index (Phi) is 2.94. The molecule has 0 bridgehead atoms. The molecule has 0 radical (unpaired) electrons. The van der Waals surface area contributed by atoms with Crippen molar-refractivity contribution in [3.05, 3.63) is 28.5 Å². The molecule has 1 unspecified atom stereocenters. The van der Waals surface area contributed by atoms with E-state index in [4.69, 9.17) is 4.98 Å². The Morgan fingerprint density at radius 3 is 2.83 bits per heavy atom. The van der Waals surface area contributed by atoms with Crippen LogP contribution in [0.3, 0.4) is 0 Å². The van der Waals surface area contributed by atoms with E-state index in [9.17, 15) is 0 Å². The summed E-state index contributed by atoms with van der Waals surface area (Å²) in [6.45, 7) is 6.67. The summed E-state index contributed by atoms with van der Waals surface area (Å²) in [5.74, 6) is 1.70. The van der Waals surface area contributed by atoms with E-state index in [1.165, 1.54) is 0 Å². The monoisotopic (exact) mass is 307 g/mol. The largest absolute Gasteiger partial charge is 0.341 e. The molecular formula is C14H18BrN3. The minimum Gasteiger partial charge on any atom is -0.341 e. The lowest BCUT2D eigenvalue weighted by atomic mass is 9.76. The number of H-pyrrole nitrogens is 1. The summed E-state index contributed by atoms with van der Waals surface area (Å²) < 4.78 is 1.06. The smallest absolute Gasteiger partial charge is 0.115 e. The highest BCUT2D eigenvalue weighted by Crippen LogP contribution is 2.37. The van der Waals surface area contributed by atoms with Gasteiger partial charge in [-0.25, -0.2) is 4.98 Å². The number of nitrogens with zero attached hydrogens (tertiary/aromatic N) is 1. The highest BCUT2D eigenvalue weighted by molar-refractivity contribution is 9.10. The summed E-state index contributed by atoms with van der Waals surface area (Å²) in [6.07, 6.45) is 1.15. The summed E-state index contributed by atoms with van der Waals surface area (Å²) in [4.78, 5) is 8.36. The number of hydrogen-bond acceptors (Lipinski definition) is 2. The third kappa shape index (κ3) is 1.70. The Hall–Kier alpha value is -0.870. The molecule has 0 amide bonds. The standard InChI is InChI=1S/C14H18BrN3/c1-9(2)14(6-7-16-8-14)13-17-11-5-3-4-10(15)12(11)18-13/h3-5,9,16H,6-8H2,1-2H3,(H,17,18). The molecule has 3 rings (SSSR count). The van der Waals surface area contributed by atoms with Gasteiger partial charge in [0.1, 0.15) is 11.3 Å². The molecule has 1 fully saturated rings. The second-order valence-corrected chi connectivity index (χ2v) is 6.31. The number of rotatable bonds is 2. The van der Waals surface area contributed by atoms with Crippen LogP contribution in [0.15, 0.2) is 22.7 Å². The zero-order chi connectivity index (χ0) is 12.8. The minimum absolute atomic E-state index is 0.151. The van der Waals surface area contributed by atoms with Crippen molar-refractivity contribution in [2.45, 2.75) is 25.7 Å². The Balaban J connectivity index is 2.16. The summed E-state index contributed by atoms with van der Waals surface area (Å²) in [5, 5.41) is 3.48. The Bertz CT molecular complexity index is 567. The van der Waals surface area contributed by atoms with Crippen molar-refractivity contribution >= 4 is 27.0 Å². The first-order valence-corrected chi connectivity index (χ1v) is 7.28. The van der Waals surface area contributed by atoms with Gasteiger partial charge in [0.15, 0.2) is 0 Å². The third-order valence-corrected chi connectivity index (χ3v) is 4.87. The van der Waals surface area contributed by atoms with Gasteiger partial charge in [-0.05, 0) is 46.9 Å². The predicted octanol–water partition coefficient (Wildman–Crippen LogP) is 3.21. The second-order valence-electron chi connectivity index (χ2n) is 5.46. The molecule has 0 spiro atoms. The van der Waals surface area contributed by atoms with Crippen molar-refractivity contribution < 1.29 is 0 Å². The van der Waals surface area contributed by atoms with E-state index in [0.717, 1.165) is 40.8 Å². The summed E-state index contributed by atoms with van der Waals surface area (Å²) in [6, 6.07) is 6.18. The number of hydrogen-bond donors (Lipinski definition) is 2. The molecule has 2 heterocycles. The molecule has 3 nitrogen and oxygen atoms in total. The Labute approximate surface area is 116 Å². The van der Waals surface area contributed by atoms with Crippen LogP contribution in [0.2, 0.25) is 0 Å². The maximum Gasteiger partial charge on any atom is 0.115 e. The first-order valence-electron chi connectivity index (χ1n) is 6.49. The lowest BCUT2D eigenvalue weighted by Gasteiger charge is -2.30. The highest BCUT2D eigenvalue weighted by atomic mass is 79.9. The summed E-state index contributed by atoms with van der Waals surface area (Å²) in [7, 11) is 0. The number of benzene rings is 1. The van der Waals surface area contributed by atoms with Crippen LogP contribution < -0.4 is 5.32 Å². The van der Waals surface area contributed by atoms with Crippen molar-refractivity contribution in [1.29, 1.82) is 0 Å². The van der Waals surface area contributed by atoms with Crippen LogP contribution in [0.1, 0.15) is 26.1 Å². The second kappa shape index (κ2) is 4.35. The third-order valence-electron chi connectivity index (χ3n) is 4.23. The maximum absolute atomic E-state index is 4.85. The number of aromatic nitrogens is 2. The van der Waals surface area contributed by atoms with E-state index in [0.29, 0.717) is 5.92 Å². The normalized spacial score (nSPS) is 24.2. The van der Waals surface area contributed by atoms with Crippen LogP contribution >= 0.6 is 15.9 Å². The fourth-order valence-electron chi connectivity index (χ4n) is 2.91. The Morgan fingerprint density at radius 2 is 2.22 bits per heavy atom. The minimum atomic E-state index is 0.151. The molecule has 1 saturated heterocycles. The number of imidazole rings is 1. The van der Waals surface area contributed by atoms with Crippen molar-refractivity contribution in [2.75, 3.05) is 13.1 Å². The molecule has 1 aromatic carbocycles. The molecule has 96 valence electrons. The molecule has 2 aromatic rings. The van der Waals surface area contributed by atoms with E-state index in [-0.39, 0.29) is 5.41 Å². The van der Waals surface area contributed by atoms with Crippen LogP contribution in [0.4, 0.5) is 0 Å². The van der Waals surface area contributed by atoms with Crippen LogP contribution in [-0.2, 0) is 5.41 Å². The first kappa shape index (κ1) is 12.2. The van der Waals surface area contributed by atoms with E-state index < -0.39 is 0 Å². The molecule has 0 aliphatic carbocycles. The van der Waals surface area contributed by atoms with Crippen molar-refractivity contribution in [3.8, 4) is 0 Å². The molecule has 1 aliphatic heterocycles. The quantitative estimate of drug-likeness (QED) is 0.894. The van der Waals surface area contributed by atoms with Gasteiger partial charge in [-0.15, -0.1) is 0 Å². The highest BCUT2D eigenvalue weighted by Gasteiger charge is 2.41. The van der Waals surface area contributed by atoms with Gasteiger partial charge in [0.2, 0.25) is 0 Å². The van der Waals surface area contributed by atoms with Gasteiger partial charge in [0.25, 0.3) is 0 Å². The van der Waals surface area contributed by atoms with Crippen LogP contribution in [-0.4, -0.2) is 23.1 Å². The number of aromatic amines is 1. The average Bonchev–Trinajstić information content (AvgIpc) is 2.96. The molecule has 4 heteroatoms. The summed E-state index contributed by atoms with van der Waals surface area (Å²) >= 11 is 3.58. The molecule has 2 N–H and O–H groups in total.